The first kappa shape index (κ1) is 17.0. The maximum absolute atomic E-state index is 10.9. The summed E-state index contributed by atoms with van der Waals surface area (Å²) in [6, 6.07) is 3.66. The minimum Gasteiger partial charge on any atom is -0.492 e. The van der Waals surface area contributed by atoms with Crippen LogP contribution in [-0.2, 0) is 6.54 Å². The summed E-state index contributed by atoms with van der Waals surface area (Å²) in [6.07, 6.45) is 6.47. The Morgan fingerprint density at radius 1 is 1.21 bits per heavy atom. The molecule has 0 aromatic heterocycles. The van der Waals surface area contributed by atoms with Crippen LogP contribution >= 0.6 is 23.2 Å². The molecular weight excluding hydrogens is 345 g/mol. The van der Waals surface area contributed by atoms with Crippen LogP contribution in [0.5, 0.6) is 5.75 Å². The zero-order valence-electron chi connectivity index (χ0n) is 14.1. The lowest BCUT2D eigenvalue weighted by Gasteiger charge is -2.60. The van der Waals surface area contributed by atoms with E-state index in [1.54, 1.807) is 6.07 Å². The van der Waals surface area contributed by atoms with Crippen LogP contribution in [-0.4, -0.2) is 22.9 Å². The molecule has 3 nitrogen and oxygen atoms in total. The average Bonchev–Trinajstić information content (AvgIpc) is 2.46. The van der Waals surface area contributed by atoms with Crippen LogP contribution < -0.4 is 10.1 Å². The van der Waals surface area contributed by atoms with Crippen molar-refractivity contribution >= 4 is 23.2 Å². The summed E-state index contributed by atoms with van der Waals surface area (Å²) in [5, 5.41) is 15.8. The van der Waals surface area contributed by atoms with Gasteiger partial charge < -0.3 is 15.2 Å². The number of rotatable bonds is 5. The molecule has 2 unspecified atom stereocenters. The van der Waals surface area contributed by atoms with Crippen LogP contribution in [0.4, 0.5) is 0 Å². The van der Waals surface area contributed by atoms with Crippen molar-refractivity contribution in [3.05, 3.63) is 27.7 Å². The van der Waals surface area contributed by atoms with Gasteiger partial charge in [0, 0.05) is 22.7 Å². The fraction of sp³-hybridized carbons (Fsp3) is 0.684. The Bertz CT molecular complexity index is 634. The monoisotopic (exact) mass is 369 g/mol. The lowest BCUT2D eigenvalue weighted by atomic mass is 9.51. The average molecular weight is 370 g/mol. The molecule has 5 heteroatoms. The van der Waals surface area contributed by atoms with E-state index in [1.165, 1.54) is 19.3 Å². The Morgan fingerprint density at radius 2 is 1.92 bits per heavy atom. The molecule has 1 aromatic rings. The zero-order chi connectivity index (χ0) is 16.9. The molecule has 132 valence electrons. The van der Waals surface area contributed by atoms with Gasteiger partial charge in [-0.25, -0.2) is 0 Å². The van der Waals surface area contributed by atoms with E-state index < -0.39 is 5.60 Å². The number of halogens is 2. The maximum atomic E-state index is 10.9. The second-order valence-electron chi connectivity index (χ2n) is 8.13. The predicted molar refractivity (Wildman–Crippen MR) is 96.8 cm³/mol. The highest BCUT2D eigenvalue weighted by atomic mass is 35.5. The van der Waals surface area contributed by atoms with Crippen molar-refractivity contribution in [3.63, 3.8) is 0 Å². The van der Waals surface area contributed by atoms with Gasteiger partial charge >= 0.3 is 0 Å². The van der Waals surface area contributed by atoms with Crippen molar-refractivity contribution in [2.75, 3.05) is 6.61 Å². The molecule has 0 radical (unpaired) electrons. The Balaban J connectivity index is 1.55. The molecule has 2 atom stereocenters. The standard InChI is InChI=1S/C19H25Cl2NO2/c1-2-24-17-14(4-15(20)5-16(17)21)10-22-18-6-12-3-13(7-18)9-19(23,8-12)11-18/h4-5,12-13,22-23H,2-3,6-11H2,1H3. The summed E-state index contributed by atoms with van der Waals surface area (Å²) >= 11 is 12.5. The van der Waals surface area contributed by atoms with Crippen molar-refractivity contribution in [2.45, 2.75) is 63.1 Å². The molecule has 0 saturated heterocycles. The van der Waals surface area contributed by atoms with E-state index in [0.717, 1.165) is 30.6 Å². The van der Waals surface area contributed by atoms with E-state index in [9.17, 15) is 5.11 Å². The number of ether oxygens (including phenoxy) is 1. The summed E-state index contributed by atoms with van der Waals surface area (Å²) in [4.78, 5) is 0. The quantitative estimate of drug-likeness (QED) is 0.798. The Hall–Kier alpha value is -0.480. The van der Waals surface area contributed by atoms with Gasteiger partial charge in [-0.05, 0) is 69.4 Å². The molecule has 4 fully saturated rings. The molecule has 1 aromatic carbocycles. The Kier molecular flexibility index (Phi) is 4.28. The van der Waals surface area contributed by atoms with Gasteiger partial charge in [0.05, 0.1) is 17.2 Å². The van der Waals surface area contributed by atoms with Crippen LogP contribution in [0.1, 0.15) is 51.0 Å². The van der Waals surface area contributed by atoms with E-state index in [2.05, 4.69) is 5.32 Å². The van der Waals surface area contributed by atoms with Gasteiger partial charge in [0.2, 0.25) is 0 Å². The highest BCUT2D eigenvalue weighted by Gasteiger charge is 2.56. The van der Waals surface area contributed by atoms with Crippen LogP contribution in [0.2, 0.25) is 10.0 Å². The third kappa shape index (κ3) is 3.05. The largest absolute Gasteiger partial charge is 0.492 e. The highest BCUT2D eigenvalue weighted by Crippen LogP contribution is 2.57. The third-order valence-electron chi connectivity index (χ3n) is 6.06. The lowest BCUT2D eigenvalue weighted by molar-refractivity contribution is -0.142. The van der Waals surface area contributed by atoms with Crippen LogP contribution in [0.15, 0.2) is 12.1 Å². The van der Waals surface area contributed by atoms with Crippen molar-refractivity contribution in [2.24, 2.45) is 11.8 Å². The summed E-state index contributed by atoms with van der Waals surface area (Å²) in [5.74, 6) is 2.05. The Morgan fingerprint density at radius 3 is 2.54 bits per heavy atom. The smallest absolute Gasteiger partial charge is 0.142 e. The minimum absolute atomic E-state index is 0.0527. The number of nitrogens with one attached hydrogen (secondary N) is 1. The molecule has 0 amide bonds. The van der Waals surface area contributed by atoms with E-state index in [1.807, 2.05) is 13.0 Å². The van der Waals surface area contributed by atoms with Crippen molar-refractivity contribution in [1.82, 2.24) is 5.32 Å². The van der Waals surface area contributed by atoms with Gasteiger partial charge in [-0.15, -0.1) is 0 Å². The molecule has 2 N–H and O–H groups in total. The Labute approximate surface area is 153 Å². The summed E-state index contributed by atoms with van der Waals surface area (Å²) in [5.41, 5.74) is 0.597. The summed E-state index contributed by atoms with van der Waals surface area (Å²) < 4.78 is 5.73. The SMILES string of the molecule is CCOc1c(Cl)cc(Cl)cc1CNC12CC3CC(CC(O)(C3)C1)C2. The number of aliphatic hydroxyl groups is 1. The summed E-state index contributed by atoms with van der Waals surface area (Å²) in [7, 11) is 0. The number of benzene rings is 1. The van der Waals surface area contributed by atoms with Gasteiger partial charge in [0.25, 0.3) is 0 Å². The fourth-order valence-electron chi connectivity index (χ4n) is 5.75. The van der Waals surface area contributed by atoms with Gasteiger partial charge in [-0.1, -0.05) is 23.2 Å². The molecule has 4 saturated carbocycles. The number of hydrogen-bond donors (Lipinski definition) is 2. The minimum atomic E-state index is -0.453. The van der Waals surface area contributed by atoms with Crippen LogP contribution in [0.3, 0.4) is 0 Å². The molecule has 4 aliphatic carbocycles. The van der Waals surface area contributed by atoms with Gasteiger partial charge in [-0.3, -0.25) is 0 Å². The lowest BCUT2D eigenvalue weighted by Crippen LogP contribution is -2.64. The molecule has 0 aliphatic heterocycles. The first-order chi connectivity index (χ1) is 11.4. The van der Waals surface area contributed by atoms with Gasteiger partial charge in [0.15, 0.2) is 0 Å². The first-order valence-corrected chi connectivity index (χ1v) is 9.74. The summed E-state index contributed by atoms with van der Waals surface area (Å²) in [6.45, 7) is 3.20. The number of hydrogen-bond acceptors (Lipinski definition) is 3. The molecule has 0 spiro atoms. The predicted octanol–water partition coefficient (Wildman–Crippen LogP) is 4.57. The van der Waals surface area contributed by atoms with E-state index in [-0.39, 0.29) is 5.54 Å². The third-order valence-corrected chi connectivity index (χ3v) is 6.56. The van der Waals surface area contributed by atoms with E-state index in [0.29, 0.717) is 35.0 Å². The molecular formula is C19H25Cl2NO2. The molecule has 4 bridgehead atoms. The van der Waals surface area contributed by atoms with Crippen molar-refractivity contribution < 1.29 is 9.84 Å². The van der Waals surface area contributed by atoms with Crippen LogP contribution in [0, 0.1) is 11.8 Å². The van der Waals surface area contributed by atoms with E-state index in [4.69, 9.17) is 27.9 Å². The van der Waals surface area contributed by atoms with Crippen molar-refractivity contribution in [1.29, 1.82) is 0 Å². The van der Waals surface area contributed by atoms with Gasteiger partial charge in [-0.2, -0.15) is 0 Å². The normalized spacial score (nSPS) is 37.0. The molecule has 4 aliphatic rings. The topological polar surface area (TPSA) is 41.5 Å². The van der Waals surface area contributed by atoms with Crippen molar-refractivity contribution in [3.8, 4) is 5.75 Å². The second-order valence-corrected chi connectivity index (χ2v) is 8.97. The maximum Gasteiger partial charge on any atom is 0.142 e. The van der Waals surface area contributed by atoms with Gasteiger partial charge in [0.1, 0.15) is 5.75 Å². The first-order valence-electron chi connectivity index (χ1n) is 8.98. The highest BCUT2D eigenvalue weighted by molar-refractivity contribution is 6.35. The second kappa shape index (κ2) is 6.05. The molecule has 0 heterocycles. The van der Waals surface area contributed by atoms with E-state index >= 15 is 0 Å². The molecule has 5 rings (SSSR count). The molecule has 24 heavy (non-hydrogen) atoms. The van der Waals surface area contributed by atoms with Crippen LogP contribution in [0.25, 0.3) is 0 Å². The fourth-order valence-corrected chi connectivity index (χ4v) is 6.34. The zero-order valence-corrected chi connectivity index (χ0v) is 15.6.